The van der Waals surface area contributed by atoms with E-state index >= 15 is 0 Å². The molecule has 88 valence electrons. The number of hydrogen-bond acceptors (Lipinski definition) is 3. The quantitative estimate of drug-likeness (QED) is 0.924. The molecule has 3 nitrogen and oxygen atoms in total. The summed E-state index contributed by atoms with van der Waals surface area (Å²) in [6, 6.07) is 2.39. The van der Waals surface area contributed by atoms with Crippen molar-refractivity contribution < 1.29 is 0 Å². The highest BCUT2D eigenvalue weighted by atomic mass is 79.9. The zero-order chi connectivity index (χ0) is 11.7. The molecule has 0 bridgehead atoms. The van der Waals surface area contributed by atoms with Gasteiger partial charge < -0.3 is 10.6 Å². The third kappa shape index (κ3) is 2.67. The second kappa shape index (κ2) is 4.62. The summed E-state index contributed by atoms with van der Waals surface area (Å²) in [6.07, 6.45) is 4.44. The monoisotopic (exact) mass is 283 g/mol. The first-order chi connectivity index (χ1) is 7.58. The molecular formula is C12H18BrN3. The average Bonchev–Trinajstić information content (AvgIpc) is 2.98. The van der Waals surface area contributed by atoms with E-state index in [2.05, 4.69) is 39.7 Å². The van der Waals surface area contributed by atoms with Crippen LogP contribution in [0.25, 0.3) is 0 Å². The van der Waals surface area contributed by atoms with E-state index in [4.69, 9.17) is 5.73 Å². The summed E-state index contributed by atoms with van der Waals surface area (Å²) < 4.78 is 0.988. The Morgan fingerprint density at radius 2 is 2.25 bits per heavy atom. The summed E-state index contributed by atoms with van der Waals surface area (Å²) in [5.41, 5.74) is 6.41. The van der Waals surface area contributed by atoms with E-state index in [0.717, 1.165) is 22.8 Å². The summed E-state index contributed by atoms with van der Waals surface area (Å²) in [7, 11) is 0. The van der Waals surface area contributed by atoms with Crippen LogP contribution >= 0.6 is 15.9 Å². The molecule has 1 aromatic rings. The summed E-state index contributed by atoms with van der Waals surface area (Å²) in [5, 5.41) is 0. The van der Waals surface area contributed by atoms with Crippen molar-refractivity contribution in [3.8, 4) is 0 Å². The second-order valence-corrected chi connectivity index (χ2v) is 5.62. The summed E-state index contributed by atoms with van der Waals surface area (Å²) in [4.78, 5) is 6.78. The lowest BCUT2D eigenvalue weighted by Gasteiger charge is -2.28. The Kier molecular flexibility index (Phi) is 3.38. The van der Waals surface area contributed by atoms with Crippen molar-refractivity contribution in [1.29, 1.82) is 0 Å². The Morgan fingerprint density at radius 3 is 2.75 bits per heavy atom. The first-order valence-corrected chi connectivity index (χ1v) is 6.55. The van der Waals surface area contributed by atoms with E-state index in [1.807, 2.05) is 6.07 Å². The molecule has 0 aromatic carbocycles. The van der Waals surface area contributed by atoms with Gasteiger partial charge in [-0.3, -0.25) is 0 Å². The predicted molar refractivity (Wildman–Crippen MR) is 71.6 cm³/mol. The molecule has 1 fully saturated rings. The van der Waals surface area contributed by atoms with Crippen molar-refractivity contribution >= 4 is 27.4 Å². The highest BCUT2D eigenvalue weighted by Gasteiger charge is 2.27. The molecule has 0 aliphatic heterocycles. The van der Waals surface area contributed by atoms with Crippen LogP contribution in [0.15, 0.2) is 16.7 Å². The maximum absolute atomic E-state index is 5.71. The van der Waals surface area contributed by atoms with E-state index in [-0.39, 0.29) is 0 Å². The Labute approximate surface area is 105 Å². The number of hydrogen-bond donors (Lipinski definition) is 1. The van der Waals surface area contributed by atoms with Gasteiger partial charge in [0, 0.05) is 12.6 Å². The van der Waals surface area contributed by atoms with Crippen LogP contribution in [0.3, 0.4) is 0 Å². The fourth-order valence-corrected chi connectivity index (χ4v) is 2.37. The minimum Gasteiger partial charge on any atom is -0.397 e. The summed E-state index contributed by atoms with van der Waals surface area (Å²) >= 11 is 3.54. The Morgan fingerprint density at radius 1 is 1.56 bits per heavy atom. The average molecular weight is 284 g/mol. The molecule has 1 aliphatic carbocycles. The number of rotatable bonds is 4. The first-order valence-electron chi connectivity index (χ1n) is 5.75. The molecular weight excluding hydrogens is 266 g/mol. The third-order valence-electron chi connectivity index (χ3n) is 2.89. The van der Waals surface area contributed by atoms with E-state index < -0.39 is 0 Å². The van der Waals surface area contributed by atoms with Crippen LogP contribution in [0.2, 0.25) is 0 Å². The molecule has 1 saturated carbocycles. The number of aromatic nitrogens is 1. The zero-order valence-corrected chi connectivity index (χ0v) is 11.4. The zero-order valence-electron chi connectivity index (χ0n) is 9.78. The first kappa shape index (κ1) is 11.7. The van der Waals surface area contributed by atoms with E-state index in [1.54, 1.807) is 6.20 Å². The molecule has 0 spiro atoms. The maximum Gasteiger partial charge on any atom is 0.143 e. The molecule has 0 saturated heterocycles. The molecule has 2 N–H and O–H groups in total. The second-order valence-electron chi connectivity index (χ2n) is 4.76. The van der Waals surface area contributed by atoms with Crippen molar-refractivity contribution in [3.63, 3.8) is 0 Å². The van der Waals surface area contributed by atoms with Gasteiger partial charge in [0.1, 0.15) is 5.82 Å². The van der Waals surface area contributed by atoms with E-state index in [9.17, 15) is 0 Å². The fourth-order valence-electron chi connectivity index (χ4n) is 1.78. The van der Waals surface area contributed by atoms with Gasteiger partial charge in [-0.15, -0.1) is 0 Å². The Bertz CT molecular complexity index is 375. The number of nitrogen functional groups attached to an aromatic ring is 1. The van der Waals surface area contributed by atoms with Crippen molar-refractivity contribution in [2.45, 2.75) is 32.7 Å². The lowest BCUT2D eigenvalue weighted by molar-refractivity contribution is 0.635. The van der Waals surface area contributed by atoms with E-state index in [0.29, 0.717) is 11.7 Å². The highest BCUT2D eigenvalue weighted by molar-refractivity contribution is 9.10. The van der Waals surface area contributed by atoms with Crippen LogP contribution in [0.5, 0.6) is 0 Å². The van der Waals surface area contributed by atoms with Gasteiger partial charge in [0.25, 0.3) is 0 Å². The molecule has 16 heavy (non-hydrogen) atoms. The van der Waals surface area contributed by atoms with Crippen molar-refractivity contribution in [2.24, 2.45) is 5.92 Å². The smallest absolute Gasteiger partial charge is 0.143 e. The molecule has 1 aliphatic rings. The lowest BCUT2D eigenvalue weighted by Crippen LogP contribution is -2.33. The molecule has 0 atom stereocenters. The summed E-state index contributed by atoms with van der Waals surface area (Å²) in [6.45, 7) is 5.51. The van der Waals surface area contributed by atoms with Gasteiger partial charge in [-0.05, 0) is 54.6 Å². The minimum absolute atomic E-state index is 0.466. The van der Waals surface area contributed by atoms with Gasteiger partial charge >= 0.3 is 0 Å². The Hall–Kier alpha value is -0.770. The number of nitrogens with zero attached hydrogens (tertiary/aromatic N) is 2. The van der Waals surface area contributed by atoms with Crippen LogP contribution < -0.4 is 10.6 Å². The van der Waals surface area contributed by atoms with Gasteiger partial charge in [-0.2, -0.15) is 0 Å². The predicted octanol–water partition coefficient (Wildman–Crippen LogP) is 3.05. The van der Waals surface area contributed by atoms with Crippen molar-refractivity contribution in [1.82, 2.24) is 4.98 Å². The summed E-state index contributed by atoms with van der Waals surface area (Å²) in [5.74, 6) is 1.87. The molecule has 1 heterocycles. The van der Waals surface area contributed by atoms with Gasteiger partial charge in [0.2, 0.25) is 0 Å². The normalized spacial score (nSPS) is 15.5. The molecule has 0 unspecified atom stereocenters. The van der Waals surface area contributed by atoms with Gasteiger partial charge in [0.15, 0.2) is 0 Å². The number of halogens is 1. The third-order valence-corrected chi connectivity index (χ3v) is 3.47. The maximum atomic E-state index is 5.71. The molecule has 4 heteroatoms. The Balaban J connectivity index is 2.22. The van der Waals surface area contributed by atoms with Crippen LogP contribution in [0.1, 0.15) is 26.7 Å². The topological polar surface area (TPSA) is 42.2 Å². The number of anilines is 2. The van der Waals surface area contributed by atoms with Crippen LogP contribution in [0.4, 0.5) is 11.5 Å². The largest absolute Gasteiger partial charge is 0.397 e. The van der Waals surface area contributed by atoms with Crippen LogP contribution in [0, 0.1) is 5.92 Å². The lowest BCUT2D eigenvalue weighted by atomic mass is 10.2. The number of pyridine rings is 1. The van der Waals surface area contributed by atoms with Gasteiger partial charge in [0.05, 0.1) is 16.4 Å². The SMILES string of the molecule is CC(C)N(CC1CC1)c1ncc(N)cc1Br. The molecule has 2 rings (SSSR count). The fraction of sp³-hybridized carbons (Fsp3) is 0.583. The highest BCUT2D eigenvalue weighted by Crippen LogP contribution is 2.34. The van der Waals surface area contributed by atoms with Crippen LogP contribution in [-0.2, 0) is 0 Å². The van der Waals surface area contributed by atoms with Crippen LogP contribution in [-0.4, -0.2) is 17.6 Å². The van der Waals surface area contributed by atoms with Gasteiger partial charge in [-0.1, -0.05) is 0 Å². The minimum atomic E-state index is 0.466. The molecule has 0 amide bonds. The van der Waals surface area contributed by atoms with Crippen molar-refractivity contribution in [3.05, 3.63) is 16.7 Å². The van der Waals surface area contributed by atoms with E-state index in [1.165, 1.54) is 12.8 Å². The molecule has 0 radical (unpaired) electrons. The van der Waals surface area contributed by atoms with Crippen molar-refractivity contribution in [2.75, 3.05) is 17.2 Å². The molecule has 1 aromatic heterocycles. The van der Waals surface area contributed by atoms with Gasteiger partial charge in [-0.25, -0.2) is 4.98 Å². The number of nitrogens with two attached hydrogens (primary N) is 1. The standard InChI is InChI=1S/C12H18BrN3/c1-8(2)16(7-9-3-4-9)12-11(13)5-10(14)6-15-12/h5-6,8-9H,3-4,7,14H2,1-2H3.